The average molecular weight is 1630 g/mol. The van der Waals surface area contributed by atoms with Gasteiger partial charge in [-0.15, -0.1) is 0 Å². The Hall–Kier alpha value is 1.36. The SMILES string of the molecule is O=C(CCCCCCCCCCCCCCCCCCCCOc1c(I)cc(I)cc1I)OCCCOC(=O)CCCCCCCCCCCCCCCCCCCCOc1c(I)cc(I)cc1I. The molecule has 0 aliphatic heterocycles. The number of hydrogen-bond acceptors (Lipinski definition) is 6. The lowest BCUT2D eigenvalue weighted by Gasteiger charge is -2.11. The third kappa shape index (κ3) is 39.4. The van der Waals surface area contributed by atoms with Crippen LogP contribution >= 0.6 is 136 Å². The number of esters is 2. The van der Waals surface area contributed by atoms with Crippen molar-refractivity contribution in [2.75, 3.05) is 26.4 Å². The van der Waals surface area contributed by atoms with Gasteiger partial charge in [-0.05, 0) is 185 Å². The lowest BCUT2D eigenvalue weighted by atomic mass is 10.0. The first-order chi connectivity index (χ1) is 33.7. The predicted molar refractivity (Wildman–Crippen MR) is 342 cm³/mol. The molecule has 0 fully saturated rings. The van der Waals surface area contributed by atoms with Gasteiger partial charge in [-0.2, -0.15) is 0 Å². The van der Waals surface area contributed by atoms with Gasteiger partial charge in [0.15, 0.2) is 0 Å². The second kappa shape index (κ2) is 47.8. The molecule has 0 atom stereocenters. The Kier molecular flexibility index (Phi) is 46.0. The van der Waals surface area contributed by atoms with Gasteiger partial charge in [-0.1, -0.05) is 205 Å². The molecule has 12 heteroatoms. The highest BCUT2D eigenvalue weighted by atomic mass is 127. The van der Waals surface area contributed by atoms with Crippen molar-refractivity contribution in [1.29, 1.82) is 0 Å². The summed E-state index contributed by atoms with van der Waals surface area (Å²) in [5.41, 5.74) is 0. The minimum atomic E-state index is -0.119. The molecule has 0 aliphatic carbocycles. The van der Waals surface area contributed by atoms with Crippen LogP contribution in [0.25, 0.3) is 0 Å². The zero-order chi connectivity index (χ0) is 49.8. The van der Waals surface area contributed by atoms with Crippen LogP contribution in [0, 0.1) is 21.4 Å². The molecule has 0 heterocycles. The fraction of sp³-hybridized carbons (Fsp3) is 0.754. The number of benzene rings is 2. The Morgan fingerprint density at radius 2 is 0.478 bits per heavy atom. The number of halogens is 6. The van der Waals surface area contributed by atoms with Gasteiger partial charge >= 0.3 is 11.9 Å². The van der Waals surface area contributed by atoms with Gasteiger partial charge in [0.2, 0.25) is 0 Å². The van der Waals surface area contributed by atoms with Crippen molar-refractivity contribution >= 4 is 147 Å². The van der Waals surface area contributed by atoms with Crippen molar-refractivity contribution in [1.82, 2.24) is 0 Å². The first kappa shape index (κ1) is 66.5. The van der Waals surface area contributed by atoms with Crippen LogP contribution in [0.1, 0.15) is 250 Å². The molecule has 2 rings (SSSR count). The topological polar surface area (TPSA) is 71.1 Å². The summed E-state index contributed by atoms with van der Waals surface area (Å²) < 4.78 is 30.3. The highest BCUT2D eigenvalue weighted by molar-refractivity contribution is 14.1. The lowest BCUT2D eigenvalue weighted by Crippen LogP contribution is -2.10. The summed E-state index contributed by atoms with van der Waals surface area (Å²) in [5, 5.41) is 0. The van der Waals surface area contributed by atoms with Crippen LogP contribution in [0.4, 0.5) is 0 Å². The van der Waals surface area contributed by atoms with Gasteiger partial charge in [0.1, 0.15) is 11.5 Å². The summed E-state index contributed by atoms with van der Waals surface area (Å²) in [7, 11) is 0. The summed E-state index contributed by atoms with van der Waals surface area (Å²) in [4.78, 5) is 24.2. The Balaban J connectivity index is 1.18. The zero-order valence-corrected chi connectivity index (χ0v) is 55.4. The molecule has 2 aromatic carbocycles. The highest BCUT2D eigenvalue weighted by Crippen LogP contribution is 2.31. The smallest absolute Gasteiger partial charge is 0.305 e. The molecule has 0 saturated heterocycles. The van der Waals surface area contributed by atoms with Crippen LogP contribution in [0.15, 0.2) is 24.3 Å². The Labute approximate surface area is 503 Å². The van der Waals surface area contributed by atoms with E-state index in [-0.39, 0.29) is 11.9 Å². The quantitative estimate of drug-likeness (QED) is 0.0374. The maximum atomic E-state index is 12.1. The van der Waals surface area contributed by atoms with E-state index >= 15 is 0 Å². The molecular weight excluding hydrogens is 1540 g/mol. The second-order valence-electron chi connectivity index (χ2n) is 19.1. The van der Waals surface area contributed by atoms with Gasteiger partial charge in [-0.25, -0.2) is 0 Å². The number of carbonyl (C=O) groups excluding carboxylic acids is 2. The molecule has 0 saturated carbocycles. The van der Waals surface area contributed by atoms with E-state index in [2.05, 4.69) is 160 Å². The molecule has 0 bridgehead atoms. The molecule has 396 valence electrons. The minimum absolute atomic E-state index is 0.119. The number of carbonyl (C=O) groups is 2. The first-order valence-electron chi connectivity index (χ1n) is 27.5. The number of unbranched alkanes of at least 4 members (excludes halogenated alkanes) is 34. The van der Waals surface area contributed by atoms with Gasteiger partial charge in [0.25, 0.3) is 0 Å². The van der Waals surface area contributed by atoms with Crippen LogP contribution < -0.4 is 9.47 Å². The van der Waals surface area contributed by atoms with Crippen molar-refractivity contribution in [3.63, 3.8) is 0 Å². The Bertz CT molecular complexity index is 1420. The van der Waals surface area contributed by atoms with Gasteiger partial charge in [-0.3, -0.25) is 9.59 Å². The molecule has 0 aromatic heterocycles. The lowest BCUT2D eigenvalue weighted by molar-refractivity contribution is -0.146. The normalized spacial score (nSPS) is 11.3. The minimum Gasteiger partial charge on any atom is -0.491 e. The standard InChI is InChI=1S/C57H90I6O6/c58-48-44-50(60)56(51(61)45-48)68-40-35-31-27-23-19-15-11-7-3-1-5-9-13-17-21-25-29-33-38-54(64)66-42-37-43-67-55(65)39-34-30-26-22-18-14-10-6-2-4-8-12-16-20-24-28-32-36-41-69-57-52(62)46-49(59)47-53(57)63/h44-47H,1-43H2. The largest absolute Gasteiger partial charge is 0.491 e. The predicted octanol–water partition coefficient (Wildman–Crippen LogP) is 21.1. The van der Waals surface area contributed by atoms with E-state index in [9.17, 15) is 9.59 Å². The molecule has 0 aliphatic rings. The molecule has 0 unspecified atom stereocenters. The van der Waals surface area contributed by atoms with E-state index < -0.39 is 0 Å². The van der Waals surface area contributed by atoms with Crippen molar-refractivity contribution in [3.8, 4) is 11.5 Å². The molecule has 0 N–H and O–H groups in total. The molecule has 2 aromatic rings. The molecule has 0 radical (unpaired) electrons. The van der Waals surface area contributed by atoms with Crippen molar-refractivity contribution in [3.05, 3.63) is 45.7 Å². The summed E-state index contributed by atoms with van der Waals surface area (Å²) in [6.07, 6.45) is 48.3. The number of ether oxygens (including phenoxy) is 4. The Morgan fingerprint density at radius 1 is 0.275 bits per heavy atom. The van der Waals surface area contributed by atoms with Gasteiger partial charge in [0, 0.05) is 26.4 Å². The Morgan fingerprint density at radius 3 is 0.710 bits per heavy atom. The van der Waals surface area contributed by atoms with Crippen LogP contribution in [0.3, 0.4) is 0 Å². The van der Waals surface area contributed by atoms with E-state index in [4.69, 9.17) is 18.9 Å². The van der Waals surface area contributed by atoms with Crippen LogP contribution in [-0.2, 0) is 19.1 Å². The summed E-state index contributed by atoms with van der Waals surface area (Å²) in [5.74, 6) is 1.87. The van der Waals surface area contributed by atoms with Crippen LogP contribution in [0.5, 0.6) is 11.5 Å². The van der Waals surface area contributed by atoms with E-state index in [0.29, 0.717) is 32.5 Å². The van der Waals surface area contributed by atoms with E-state index in [1.54, 1.807) is 0 Å². The third-order valence-electron chi connectivity index (χ3n) is 12.8. The molecular formula is C57H90I6O6. The highest BCUT2D eigenvalue weighted by Gasteiger charge is 2.10. The van der Waals surface area contributed by atoms with Gasteiger partial charge < -0.3 is 18.9 Å². The molecule has 0 amide bonds. The maximum absolute atomic E-state index is 12.1. The second-order valence-corrected chi connectivity index (χ2v) is 26.3. The van der Waals surface area contributed by atoms with Crippen LogP contribution in [0.2, 0.25) is 0 Å². The van der Waals surface area contributed by atoms with Crippen molar-refractivity contribution < 1.29 is 28.5 Å². The maximum Gasteiger partial charge on any atom is 0.305 e. The fourth-order valence-corrected chi connectivity index (χ4v) is 16.4. The monoisotopic (exact) mass is 1630 g/mol. The summed E-state index contributed by atoms with van der Waals surface area (Å²) in [6.45, 7) is 2.33. The fourth-order valence-electron chi connectivity index (χ4n) is 8.66. The van der Waals surface area contributed by atoms with Crippen molar-refractivity contribution in [2.45, 2.75) is 250 Å². The molecule has 6 nitrogen and oxygen atoms in total. The van der Waals surface area contributed by atoms with Crippen molar-refractivity contribution in [2.24, 2.45) is 0 Å². The van der Waals surface area contributed by atoms with E-state index in [0.717, 1.165) is 63.2 Å². The third-order valence-corrected chi connectivity index (χ3v) is 17.2. The summed E-state index contributed by atoms with van der Waals surface area (Å²) >= 11 is 14.2. The van der Waals surface area contributed by atoms with Gasteiger partial charge in [0.05, 0.1) is 40.7 Å². The van der Waals surface area contributed by atoms with E-state index in [1.165, 1.54) is 214 Å². The zero-order valence-electron chi connectivity index (χ0n) is 42.4. The van der Waals surface area contributed by atoms with E-state index in [1.807, 2.05) is 0 Å². The summed E-state index contributed by atoms with van der Waals surface area (Å²) in [6, 6.07) is 8.73. The first-order valence-corrected chi connectivity index (χ1v) is 34.0. The number of rotatable bonds is 48. The molecule has 0 spiro atoms. The average Bonchev–Trinajstić information content (AvgIpc) is 3.31. The van der Waals surface area contributed by atoms with Crippen LogP contribution in [-0.4, -0.2) is 38.4 Å². The molecule has 69 heavy (non-hydrogen) atoms. The number of hydrogen-bond donors (Lipinski definition) is 0.